The molecule has 5 rings (SSSR count). The molecule has 1 aliphatic rings. The zero-order valence-electron chi connectivity index (χ0n) is 20.2. The zero-order chi connectivity index (χ0) is 24.4. The number of ether oxygens (including phenoxy) is 1. The highest BCUT2D eigenvalue weighted by Gasteiger charge is 2.34. The van der Waals surface area contributed by atoms with Crippen molar-refractivity contribution in [3.8, 4) is 5.75 Å². The van der Waals surface area contributed by atoms with Gasteiger partial charge in [-0.1, -0.05) is 24.3 Å². The van der Waals surface area contributed by atoms with Crippen molar-refractivity contribution in [3.63, 3.8) is 0 Å². The highest BCUT2D eigenvalue weighted by atomic mass is 19.1. The molecule has 1 unspecified atom stereocenters. The summed E-state index contributed by atoms with van der Waals surface area (Å²) >= 11 is 0. The first-order valence-corrected chi connectivity index (χ1v) is 12.2. The van der Waals surface area contributed by atoms with E-state index in [2.05, 4.69) is 42.7 Å². The molecule has 1 atom stereocenters. The molecule has 0 saturated carbocycles. The number of amides is 1. The van der Waals surface area contributed by atoms with Crippen molar-refractivity contribution in [2.24, 2.45) is 0 Å². The van der Waals surface area contributed by atoms with Crippen LogP contribution in [0.2, 0.25) is 0 Å². The smallest absolute Gasteiger partial charge is 0.227 e. The fraction of sp³-hybridized carbons (Fsp3) is 0.310. The number of nitrogens with zero attached hydrogens (tertiary/aromatic N) is 3. The summed E-state index contributed by atoms with van der Waals surface area (Å²) in [6.07, 6.45) is 2.22. The Morgan fingerprint density at radius 1 is 1.00 bits per heavy atom. The maximum atomic E-state index is 13.8. The number of fused-ring (bicyclic) bond motifs is 1. The number of unbranched alkanes of at least 4 members (excludes halogenated alkanes) is 1. The summed E-state index contributed by atoms with van der Waals surface area (Å²) in [7, 11) is 0. The quantitative estimate of drug-likeness (QED) is 0.289. The topological polar surface area (TPSA) is 47.4 Å². The van der Waals surface area contributed by atoms with E-state index in [4.69, 9.17) is 9.72 Å². The number of hydrogen-bond donors (Lipinski definition) is 0. The van der Waals surface area contributed by atoms with Gasteiger partial charge in [0.1, 0.15) is 17.4 Å². The molecule has 6 heteroatoms. The number of para-hydroxylation sites is 2. The number of imidazole rings is 1. The molecule has 1 aromatic heterocycles. The molecule has 1 saturated heterocycles. The highest BCUT2D eigenvalue weighted by molar-refractivity contribution is 5.96. The second-order valence-corrected chi connectivity index (χ2v) is 9.37. The Hall–Kier alpha value is -3.67. The van der Waals surface area contributed by atoms with Crippen LogP contribution in [0.4, 0.5) is 10.1 Å². The van der Waals surface area contributed by atoms with Crippen molar-refractivity contribution >= 4 is 22.6 Å². The van der Waals surface area contributed by atoms with Gasteiger partial charge in [-0.3, -0.25) is 4.79 Å². The van der Waals surface area contributed by atoms with Crippen LogP contribution in [0.1, 0.15) is 42.1 Å². The highest BCUT2D eigenvalue weighted by Crippen LogP contribution is 2.33. The molecule has 1 fully saturated rings. The number of carbonyl (C=O) groups excluding carboxylic acids is 1. The predicted molar refractivity (Wildman–Crippen MR) is 136 cm³/mol. The largest absolute Gasteiger partial charge is 0.494 e. The van der Waals surface area contributed by atoms with Crippen LogP contribution in [-0.2, 0) is 11.3 Å². The van der Waals surface area contributed by atoms with Gasteiger partial charge in [-0.2, -0.15) is 0 Å². The van der Waals surface area contributed by atoms with Crippen molar-refractivity contribution in [3.05, 3.63) is 89.5 Å². The lowest BCUT2D eigenvalue weighted by Gasteiger charge is -2.17. The standard InChI is InChI=1S/C29H30FN3O2/c1-20-14-21(2)16-25(15-20)35-13-6-5-12-32-27-11-4-3-10-26(27)31-29(32)22-17-28(34)33(19-22)24-9-7-8-23(30)18-24/h3-4,7-11,14-16,18,22H,5-6,12-13,17,19H2,1-2H3. The van der Waals surface area contributed by atoms with Gasteiger partial charge in [0.15, 0.2) is 0 Å². The summed E-state index contributed by atoms with van der Waals surface area (Å²) in [5.41, 5.74) is 5.02. The van der Waals surface area contributed by atoms with Crippen LogP contribution in [0.25, 0.3) is 11.0 Å². The van der Waals surface area contributed by atoms with E-state index < -0.39 is 0 Å². The van der Waals surface area contributed by atoms with Crippen LogP contribution in [-0.4, -0.2) is 28.6 Å². The number of carbonyl (C=O) groups is 1. The lowest BCUT2D eigenvalue weighted by atomic mass is 10.1. The van der Waals surface area contributed by atoms with E-state index >= 15 is 0 Å². The first kappa shape index (κ1) is 23.1. The van der Waals surface area contributed by atoms with E-state index in [9.17, 15) is 9.18 Å². The Morgan fingerprint density at radius 2 is 1.80 bits per heavy atom. The molecule has 0 spiro atoms. The van der Waals surface area contributed by atoms with E-state index in [0.717, 1.165) is 42.0 Å². The third kappa shape index (κ3) is 5.06. The van der Waals surface area contributed by atoms with Crippen LogP contribution in [0.5, 0.6) is 5.75 Å². The minimum absolute atomic E-state index is 0.000976. The van der Waals surface area contributed by atoms with Crippen LogP contribution >= 0.6 is 0 Å². The Kier molecular flexibility index (Phi) is 6.53. The van der Waals surface area contributed by atoms with Gasteiger partial charge < -0.3 is 14.2 Å². The summed E-state index contributed by atoms with van der Waals surface area (Å²) < 4.78 is 22.0. The van der Waals surface area contributed by atoms with Crippen molar-refractivity contribution in [1.29, 1.82) is 0 Å². The van der Waals surface area contributed by atoms with Crippen molar-refractivity contribution < 1.29 is 13.9 Å². The first-order valence-electron chi connectivity index (χ1n) is 12.2. The van der Waals surface area contributed by atoms with E-state index in [-0.39, 0.29) is 17.6 Å². The summed E-state index contributed by atoms with van der Waals surface area (Å²) in [4.78, 5) is 19.4. The zero-order valence-corrected chi connectivity index (χ0v) is 20.2. The Balaban J connectivity index is 1.29. The molecule has 5 nitrogen and oxygen atoms in total. The normalized spacial score (nSPS) is 15.8. The molecule has 180 valence electrons. The Labute approximate surface area is 205 Å². The van der Waals surface area contributed by atoms with Crippen molar-refractivity contribution in [1.82, 2.24) is 9.55 Å². The molecule has 0 N–H and O–H groups in total. The van der Waals surface area contributed by atoms with Gasteiger partial charge in [0.05, 0.1) is 17.6 Å². The van der Waals surface area contributed by atoms with Gasteiger partial charge in [0, 0.05) is 31.1 Å². The van der Waals surface area contributed by atoms with Gasteiger partial charge in [0.25, 0.3) is 0 Å². The molecule has 2 heterocycles. The van der Waals surface area contributed by atoms with E-state index in [1.165, 1.54) is 23.3 Å². The average Bonchev–Trinajstić information content (AvgIpc) is 3.39. The summed E-state index contributed by atoms with van der Waals surface area (Å²) in [5, 5.41) is 0. The van der Waals surface area contributed by atoms with Gasteiger partial charge in [0.2, 0.25) is 5.91 Å². The second kappa shape index (κ2) is 9.90. The number of rotatable bonds is 8. The molecule has 1 amide bonds. The van der Waals surface area contributed by atoms with Crippen LogP contribution in [0.3, 0.4) is 0 Å². The maximum Gasteiger partial charge on any atom is 0.227 e. The minimum atomic E-state index is -0.339. The van der Waals surface area contributed by atoms with Gasteiger partial charge in [-0.05, 0) is 80.3 Å². The molecule has 0 bridgehead atoms. The van der Waals surface area contributed by atoms with Gasteiger partial charge in [-0.25, -0.2) is 9.37 Å². The van der Waals surface area contributed by atoms with Crippen molar-refractivity contribution in [2.45, 2.75) is 45.6 Å². The second-order valence-electron chi connectivity index (χ2n) is 9.37. The fourth-order valence-electron chi connectivity index (χ4n) is 4.99. The number of halogens is 1. The molecule has 1 aliphatic heterocycles. The minimum Gasteiger partial charge on any atom is -0.494 e. The molecule has 35 heavy (non-hydrogen) atoms. The van der Waals surface area contributed by atoms with Gasteiger partial charge in [-0.15, -0.1) is 0 Å². The number of anilines is 1. The number of aromatic nitrogens is 2. The predicted octanol–water partition coefficient (Wildman–Crippen LogP) is 6.17. The van der Waals surface area contributed by atoms with E-state index in [1.54, 1.807) is 17.0 Å². The number of benzene rings is 3. The van der Waals surface area contributed by atoms with Crippen LogP contribution in [0.15, 0.2) is 66.7 Å². The third-order valence-corrected chi connectivity index (χ3v) is 6.53. The van der Waals surface area contributed by atoms with Crippen LogP contribution in [0, 0.1) is 19.7 Å². The molecular weight excluding hydrogens is 441 g/mol. The Morgan fingerprint density at radius 3 is 2.60 bits per heavy atom. The molecule has 4 aromatic rings. The van der Waals surface area contributed by atoms with Crippen molar-refractivity contribution in [2.75, 3.05) is 18.1 Å². The molecular formula is C29H30FN3O2. The van der Waals surface area contributed by atoms with E-state index in [0.29, 0.717) is 25.3 Å². The summed E-state index contributed by atoms with van der Waals surface area (Å²) in [6, 6.07) is 20.6. The fourth-order valence-corrected chi connectivity index (χ4v) is 4.99. The third-order valence-electron chi connectivity index (χ3n) is 6.53. The monoisotopic (exact) mass is 471 g/mol. The van der Waals surface area contributed by atoms with Gasteiger partial charge >= 0.3 is 0 Å². The maximum absolute atomic E-state index is 13.8. The number of aryl methyl sites for hydroxylation is 3. The first-order chi connectivity index (χ1) is 17.0. The lowest BCUT2D eigenvalue weighted by molar-refractivity contribution is -0.117. The summed E-state index contributed by atoms with van der Waals surface area (Å²) in [5.74, 6) is 1.46. The van der Waals surface area contributed by atoms with Crippen LogP contribution < -0.4 is 9.64 Å². The number of hydrogen-bond acceptors (Lipinski definition) is 3. The SMILES string of the molecule is Cc1cc(C)cc(OCCCCn2c(C3CC(=O)N(c4cccc(F)c4)C3)nc3ccccc32)c1. The van der Waals surface area contributed by atoms with E-state index in [1.807, 2.05) is 18.2 Å². The lowest BCUT2D eigenvalue weighted by Crippen LogP contribution is -2.24. The molecule has 3 aromatic carbocycles. The summed E-state index contributed by atoms with van der Waals surface area (Å²) in [6.45, 7) is 6.11. The Bertz CT molecular complexity index is 1340. The molecule has 0 aliphatic carbocycles. The molecule has 0 radical (unpaired) electrons. The average molecular weight is 472 g/mol.